The maximum atomic E-state index is 12.5. The highest BCUT2D eigenvalue weighted by atomic mass is 35.5. The van der Waals surface area contributed by atoms with Crippen molar-refractivity contribution in [3.63, 3.8) is 0 Å². The van der Waals surface area contributed by atoms with Crippen LogP contribution in [-0.4, -0.2) is 15.9 Å². The second-order valence-corrected chi connectivity index (χ2v) is 6.20. The van der Waals surface area contributed by atoms with Gasteiger partial charge in [0.2, 0.25) is 0 Å². The van der Waals surface area contributed by atoms with E-state index >= 15 is 0 Å². The lowest BCUT2D eigenvalue weighted by Gasteiger charge is -2.16. The molecule has 0 spiro atoms. The van der Waals surface area contributed by atoms with Gasteiger partial charge in [-0.15, -0.1) is 0 Å². The Bertz CT molecular complexity index is 1040. The number of hydrogen-bond acceptors (Lipinski definition) is 3. The first-order chi connectivity index (χ1) is 11.5. The molecule has 3 rings (SSSR count). The van der Waals surface area contributed by atoms with Gasteiger partial charge in [-0.1, -0.05) is 29.8 Å². The molecule has 0 saturated heterocycles. The number of fused-ring (bicyclic) bond motifs is 1. The number of benzene rings is 2. The third-order valence-electron chi connectivity index (χ3n) is 3.72. The summed E-state index contributed by atoms with van der Waals surface area (Å²) in [5.41, 5.74) is 1.49. The maximum absolute atomic E-state index is 12.5. The number of halogens is 1. The molecule has 7 heteroatoms. The van der Waals surface area contributed by atoms with E-state index in [0.717, 1.165) is 5.56 Å². The summed E-state index contributed by atoms with van der Waals surface area (Å²) in [6.07, 6.45) is 0. The molecule has 0 bridgehead atoms. The molecule has 122 valence electrons. The summed E-state index contributed by atoms with van der Waals surface area (Å²) >= 11 is 11.1. The van der Waals surface area contributed by atoms with Crippen LogP contribution in [0.25, 0.3) is 10.9 Å². The molecular formula is C17H14ClN3O2S. The van der Waals surface area contributed by atoms with E-state index in [-0.39, 0.29) is 22.3 Å². The van der Waals surface area contributed by atoms with Crippen LogP contribution in [-0.2, 0) is 0 Å². The van der Waals surface area contributed by atoms with Crippen LogP contribution in [0.1, 0.15) is 28.9 Å². The van der Waals surface area contributed by atoms with Crippen molar-refractivity contribution in [2.24, 2.45) is 0 Å². The lowest BCUT2D eigenvalue weighted by molar-refractivity contribution is 0.0940. The first-order valence-corrected chi connectivity index (χ1v) is 8.06. The van der Waals surface area contributed by atoms with Crippen LogP contribution in [0.3, 0.4) is 0 Å². The van der Waals surface area contributed by atoms with E-state index in [1.807, 2.05) is 25.1 Å². The van der Waals surface area contributed by atoms with Crippen LogP contribution in [0, 0.1) is 4.77 Å². The highest BCUT2D eigenvalue weighted by Gasteiger charge is 2.14. The summed E-state index contributed by atoms with van der Waals surface area (Å²) in [5, 5.41) is 3.94. The summed E-state index contributed by atoms with van der Waals surface area (Å²) in [6.45, 7) is 1.86. The second kappa shape index (κ2) is 6.59. The number of aromatic amines is 2. The molecule has 0 saturated carbocycles. The normalized spacial score (nSPS) is 12.1. The van der Waals surface area contributed by atoms with Crippen molar-refractivity contribution in [3.8, 4) is 0 Å². The van der Waals surface area contributed by atoms with Gasteiger partial charge >= 0.3 is 0 Å². The molecule has 1 atom stereocenters. The standard InChI is InChI=1S/C17H14ClN3O2S/c1-9(11-4-2-3-5-13(11)18)19-15(22)10-6-7-12-14(8-10)20-17(24)21-16(12)23/h2-9H,1H3,(H,19,22)(H2,20,21,23,24). The van der Waals surface area contributed by atoms with E-state index in [1.54, 1.807) is 24.3 Å². The maximum Gasteiger partial charge on any atom is 0.259 e. The molecule has 2 aromatic carbocycles. The molecule has 3 aromatic rings. The van der Waals surface area contributed by atoms with Crippen LogP contribution < -0.4 is 10.9 Å². The predicted molar refractivity (Wildman–Crippen MR) is 97.1 cm³/mol. The number of rotatable bonds is 3. The van der Waals surface area contributed by atoms with Crippen LogP contribution in [0.2, 0.25) is 5.02 Å². The van der Waals surface area contributed by atoms with Gasteiger partial charge in [0.1, 0.15) is 0 Å². The Hall–Kier alpha value is -2.44. The number of amides is 1. The summed E-state index contributed by atoms with van der Waals surface area (Å²) in [6, 6.07) is 11.9. The van der Waals surface area contributed by atoms with Gasteiger partial charge in [0.05, 0.1) is 16.9 Å². The SMILES string of the molecule is CC(NC(=O)c1ccc2c(=O)[nH]c(=S)[nH]c2c1)c1ccccc1Cl. The summed E-state index contributed by atoms with van der Waals surface area (Å²) in [4.78, 5) is 29.7. The van der Waals surface area contributed by atoms with Gasteiger partial charge < -0.3 is 10.3 Å². The topological polar surface area (TPSA) is 77.8 Å². The molecule has 0 aliphatic heterocycles. The molecule has 0 aliphatic carbocycles. The number of H-pyrrole nitrogens is 2. The number of aromatic nitrogens is 2. The minimum atomic E-state index is -0.287. The van der Waals surface area contributed by atoms with Crippen LogP contribution in [0.5, 0.6) is 0 Å². The molecule has 0 fully saturated rings. The van der Waals surface area contributed by atoms with Gasteiger partial charge in [-0.3, -0.25) is 14.6 Å². The van der Waals surface area contributed by atoms with Crippen LogP contribution in [0.4, 0.5) is 0 Å². The van der Waals surface area contributed by atoms with Gasteiger partial charge in [-0.25, -0.2) is 0 Å². The van der Waals surface area contributed by atoms with Gasteiger partial charge in [-0.05, 0) is 49.0 Å². The molecule has 1 amide bonds. The van der Waals surface area contributed by atoms with E-state index in [4.69, 9.17) is 23.8 Å². The van der Waals surface area contributed by atoms with Crippen molar-refractivity contribution in [2.75, 3.05) is 0 Å². The highest BCUT2D eigenvalue weighted by Crippen LogP contribution is 2.22. The lowest BCUT2D eigenvalue weighted by Crippen LogP contribution is -2.27. The quantitative estimate of drug-likeness (QED) is 0.623. The zero-order chi connectivity index (χ0) is 17.3. The number of hydrogen-bond donors (Lipinski definition) is 3. The van der Waals surface area contributed by atoms with Crippen molar-refractivity contribution < 1.29 is 4.79 Å². The number of carbonyl (C=O) groups is 1. The summed E-state index contributed by atoms with van der Waals surface area (Å²) in [7, 11) is 0. The zero-order valence-corrected chi connectivity index (χ0v) is 14.3. The van der Waals surface area contributed by atoms with Crippen molar-refractivity contribution in [3.05, 3.63) is 73.7 Å². The second-order valence-electron chi connectivity index (χ2n) is 5.39. The van der Waals surface area contributed by atoms with Crippen molar-refractivity contribution in [1.82, 2.24) is 15.3 Å². The van der Waals surface area contributed by atoms with Crippen molar-refractivity contribution >= 4 is 40.6 Å². The first kappa shape index (κ1) is 16.4. The van der Waals surface area contributed by atoms with Crippen molar-refractivity contribution in [2.45, 2.75) is 13.0 Å². The Labute approximate surface area is 147 Å². The molecule has 0 radical (unpaired) electrons. The Morgan fingerprint density at radius 1 is 1.21 bits per heavy atom. The fourth-order valence-corrected chi connectivity index (χ4v) is 3.00. The van der Waals surface area contributed by atoms with E-state index in [9.17, 15) is 9.59 Å². The van der Waals surface area contributed by atoms with Crippen LogP contribution >= 0.6 is 23.8 Å². The number of carbonyl (C=O) groups excluding carboxylic acids is 1. The Morgan fingerprint density at radius 2 is 1.96 bits per heavy atom. The Kier molecular flexibility index (Phi) is 4.51. The average Bonchev–Trinajstić information content (AvgIpc) is 2.54. The molecular weight excluding hydrogens is 346 g/mol. The Balaban J connectivity index is 1.90. The predicted octanol–water partition coefficient (Wildman–Crippen LogP) is 3.73. The molecule has 24 heavy (non-hydrogen) atoms. The molecule has 1 unspecified atom stereocenters. The number of nitrogens with one attached hydrogen (secondary N) is 3. The van der Waals surface area contributed by atoms with E-state index < -0.39 is 0 Å². The highest BCUT2D eigenvalue weighted by molar-refractivity contribution is 7.71. The van der Waals surface area contributed by atoms with E-state index in [2.05, 4.69) is 15.3 Å². The van der Waals surface area contributed by atoms with Gasteiger partial charge in [-0.2, -0.15) is 0 Å². The van der Waals surface area contributed by atoms with Crippen LogP contribution in [0.15, 0.2) is 47.3 Å². The average molecular weight is 360 g/mol. The smallest absolute Gasteiger partial charge is 0.259 e. The molecule has 5 nitrogen and oxygen atoms in total. The molecule has 0 aliphatic rings. The van der Waals surface area contributed by atoms with Gasteiger partial charge in [0, 0.05) is 10.6 Å². The third kappa shape index (κ3) is 3.25. The Morgan fingerprint density at radius 3 is 2.71 bits per heavy atom. The van der Waals surface area contributed by atoms with Crippen molar-refractivity contribution in [1.29, 1.82) is 0 Å². The minimum absolute atomic E-state index is 0.217. The first-order valence-electron chi connectivity index (χ1n) is 7.27. The minimum Gasteiger partial charge on any atom is -0.345 e. The van der Waals surface area contributed by atoms with Gasteiger partial charge in [0.15, 0.2) is 4.77 Å². The monoisotopic (exact) mass is 359 g/mol. The largest absolute Gasteiger partial charge is 0.345 e. The fraction of sp³-hybridized carbons (Fsp3) is 0.118. The molecule has 3 N–H and O–H groups in total. The molecule has 1 aromatic heterocycles. The third-order valence-corrected chi connectivity index (χ3v) is 4.27. The fourth-order valence-electron chi connectivity index (χ4n) is 2.49. The summed E-state index contributed by atoms with van der Waals surface area (Å²) < 4.78 is 0.217. The molecule has 1 heterocycles. The lowest BCUT2D eigenvalue weighted by atomic mass is 10.1. The van der Waals surface area contributed by atoms with Gasteiger partial charge in [0.25, 0.3) is 11.5 Å². The summed E-state index contributed by atoms with van der Waals surface area (Å²) in [5.74, 6) is -0.260. The zero-order valence-electron chi connectivity index (χ0n) is 12.7. The van der Waals surface area contributed by atoms with E-state index in [0.29, 0.717) is 21.5 Å². The van der Waals surface area contributed by atoms with E-state index in [1.165, 1.54) is 0 Å².